The molecular weight excluding hydrogens is 300 g/mol. The number of imidazole rings is 2. The number of benzene rings is 2. The van der Waals surface area contributed by atoms with Crippen molar-refractivity contribution in [1.29, 1.82) is 0 Å². The van der Waals surface area contributed by atoms with E-state index in [1.807, 2.05) is 12.1 Å². The molecule has 4 aromatic rings. The quantitative estimate of drug-likeness (QED) is 0.453. The number of hydrogen-bond acceptors (Lipinski definition) is 4. The van der Waals surface area contributed by atoms with Gasteiger partial charge < -0.3 is 21.4 Å². The van der Waals surface area contributed by atoms with Crippen molar-refractivity contribution in [3.8, 4) is 0 Å². The number of rotatable bonds is 2. The fourth-order valence-electron chi connectivity index (χ4n) is 2.59. The molecule has 0 saturated heterocycles. The zero-order valence-electron chi connectivity index (χ0n) is 13.9. The molecule has 0 atom stereocenters. The molecule has 24 heavy (non-hydrogen) atoms. The van der Waals surface area contributed by atoms with Crippen LogP contribution in [-0.4, -0.2) is 19.9 Å². The van der Waals surface area contributed by atoms with Crippen molar-refractivity contribution >= 4 is 34.0 Å². The Kier molecular flexibility index (Phi) is 4.37. The van der Waals surface area contributed by atoms with Crippen LogP contribution in [0.5, 0.6) is 0 Å². The fourth-order valence-corrected chi connectivity index (χ4v) is 2.59. The summed E-state index contributed by atoms with van der Waals surface area (Å²) in [5.41, 5.74) is 17.5. The van der Waals surface area contributed by atoms with Crippen LogP contribution >= 0.6 is 0 Å². The third-order valence-electron chi connectivity index (χ3n) is 3.95. The van der Waals surface area contributed by atoms with Crippen molar-refractivity contribution < 1.29 is 0 Å². The Balaban J connectivity index is 0.000000141. The van der Waals surface area contributed by atoms with Crippen molar-refractivity contribution in [1.82, 2.24) is 19.9 Å². The Morgan fingerprint density at radius 3 is 2.04 bits per heavy atom. The van der Waals surface area contributed by atoms with E-state index in [0.29, 0.717) is 11.9 Å². The number of H-pyrrole nitrogens is 2. The summed E-state index contributed by atoms with van der Waals surface area (Å²) >= 11 is 0. The largest absolute Gasteiger partial charge is 0.369 e. The summed E-state index contributed by atoms with van der Waals surface area (Å²) in [6.45, 7) is 4.25. The number of nitrogen functional groups attached to an aromatic ring is 2. The van der Waals surface area contributed by atoms with Gasteiger partial charge in [-0.2, -0.15) is 0 Å². The molecule has 0 spiro atoms. The molecule has 0 amide bonds. The molecule has 0 fully saturated rings. The lowest BCUT2D eigenvalue weighted by molar-refractivity contribution is 1.14. The van der Waals surface area contributed by atoms with E-state index < -0.39 is 0 Å². The van der Waals surface area contributed by atoms with E-state index in [1.165, 1.54) is 11.1 Å². The number of fused-ring (bicyclic) bond motifs is 2. The first kappa shape index (κ1) is 15.9. The summed E-state index contributed by atoms with van der Waals surface area (Å²) < 4.78 is 0. The van der Waals surface area contributed by atoms with Gasteiger partial charge in [-0.05, 0) is 48.2 Å². The molecule has 6 heteroatoms. The lowest BCUT2D eigenvalue weighted by atomic mass is 10.1. The lowest BCUT2D eigenvalue weighted by Gasteiger charge is -1.93. The van der Waals surface area contributed by atoms with E-state index >= 15 is 0 Å². The number of aromatic amines is 2. The Morgan fingerprint density at radius 1 is 0.750 bits per heavy atom. The van der Waals surface area contributed by atoms with E-state index in [-0.39, 0.29) is 0 Å². The van der Waals surface area contributed by atoms with Gasteiger partial charge >= 0.3 is 0 Å². The van der Waals surface area contributed by atoms with Crippen LogP contribution in [-0.2, 0) is 12.8 Å². The van der Waals surface area contributed by atoms with Gasteiger partial charge in [0, 0.05) is 0 Å². The second kappa shape index (κ2) is 6.62. The van der Waals surface area contributed by atoms with E-state index in [9.17, 15) is 0 Å². The van der Waals surface area contributed by atoms with Gasteiger partial charge in [0.25, 0.3) is 0 Å². The van der Waals surface area contributed by atoms with Crippen molar-refractivity contribution in [2.24, 2.45) is 0 Å². The highest BCUT2D eigenvalue weighted by atomic mass is 15.0. The minimum Gasteiger partial charge on any atom is -0.369 e. The number of nitrogens with one attached hydrogen (secondary N) is 2. The van der Waals surface area contributed by atoms with E-state index in [1.54, 1.807) is 0 Å². The molecule has 0 radical (unpaired) electrons. The second-order valence-corrected chi connectivity index (χ2v) is 5.65. The predicted molar refractivity (Wildman–Crippen MR) is 99.8 cm³/mol. The van der Waals surface area contributed by atoms with Gasteiger partial charge in [0.05, 0.1) is 22.1 Å². The van der Waals surface area contributed by atoms with Crippen LogP contribution in [0.15, 0.2) is 36.4 Å². The summed E-state index contributed by atoms with van der Waals surface area (Å²) in [5.74, 6) is 0.969. The number of nitrogens with two attached hydrogens (primary N) is 2. The SMILES string of the molecule is CCc1ccc2[nH]c(N)nc2c1.CCc1ccc2nc(N)[nH]c2c1. The van der Waals surface area contributed by atoms with Crippen LogP contribution in [0, 0.1) is 0 Å². The van der Waals surface area contributed by atoms with E-state index in [4.69, 9.17) is 11.5 Å². The molecule has 0 saturated carbocycles. The Hall–Kier alpha value is -3.02. The van der Waals surface area contributed by atoms with E-state index in [2.05, 4.69) is 58.0 Å². The first-order chi connectivity index (χ1) is 11.6. The van der Waals surface area contributed by atoms with Crippen molar-refractivity contribution in [3.05, 3.63) is 47.5 Å². The molecule has 6 nitrogen and oxygen atoms in total. The van der Waals surface area contributed by atoms with Crippen molar-refractivity contribution in [2.45, 2.75) is 26.7 Å². The number of aromatic nitrogens is 4. The number of nitrogens with zero attached hydrogens (tertiary/aromatic N) is 2. The maximum atomic E-state index is 5.52. The Bertz CT molecular complexity index is 886. The smallest absolute Gasteiger partial charge is 0.198 e. The first-order valence-corrected chi connectivity index (χ1v) is 8.07. The van der Waals surface area contributed by atoms with Gasteiger partial charge in [0.2, 0.25) is 0 Å². The molecule has 124 valence electrons. The Morgan fingerprint density at radius 2 is 1.33 bits per heavy atom. The molecule has 0 aliphatic carbocycles. The van der Waals surface area contributed by atoms with Crippen LogP contribution in [0.25, 0.3) is 22.1 Å². The lowest BCUT2D eigenvalue weighted by Crippen LogP contribution is -1.84. The predicted octanol–water partition coefficient (Wildman–Crippen LogP) is 3.42. The standard InChI is InChI=1S/2C9H11N3/c2*1-2-6-3-4-7-8(5-6)12-9(10)11-7/h2*3-5H,2H2,1H3,(H3,10,11,12). The van der Waals surface area contributed by atoms with Crippen molar-refractivity contribution in [2.75, 3.05) is 11.5 Å². The number of aryl methyl sites for hydroxylation is 2. The maximum Gasteiger partial charge on any atom is 0.198 e. The van der Waals surface area contributed by atoms with Crippen LogP contribution in [0.3, 0.4) is 0 Å². The van der Waals surface area contributed by atoms with Crippen LogP contribution < -0.4 is 11.5 Å². The molecule has 0 bridgehead atoms. The fraction of sp³-hybridized carbons (Fsp3) is 0.222. The highest BCUT2D eigenvalue weighted by Gasteiger charge is 2.00. The zero-order chi connectivity index (χ0) is 17.1. The molecule has 0 aliphatic rings. The average Bonchev–Trinajstić information content (AvgIpc) is 3.13. The zero-order valence-corrected chi connectivity index (χ0v) is 13.9. The summed E-state index contributed by atoms with van der Waals surface area (Å²) in [6, 6.07) is 12.3. The summed E-state index contributed by atoms with van der Waals surface area (Å²) in [6.07, 6.45) is 2.07. The Labute approximate surface area is 140 Å². The maximum absolute atomic E-state index is 5.52. The van der Waals surface area contributed by atoms with Crippen LogP contribution in [0.1, 0.15) is 25.0 Å². The number of hydrogen-bond donors (Lipinski definition) is 4. The molecule has 6 N–H and O–H groups in total. The monoisotopic (exact) mass is 322 g/mol. The molecule has 2 aromatic heterocycles. The highest BCUT2D eigenvalue weighted by Crippen LogP contribution is 2.15. The van der Waals surface area contributed by atoms with Crippen molar-refractivity contribution in [3.63, 3.8) is 0 Å². The first-order valence-electron chi connectivity index (χ1n) is 8.07. The molecule has 0 unspecified atom stereocenters. The molecule has 2 heterocycles. The summed E-state index contributed by atoms with van der Waals surface area (Å²) in [5, 5.41) is 0. The molecule has 0 aliphatic heterocycles. The number of anilines is 2. The van der Waals surface area contributed by atoms with Gasteiger partial charge in [0.1, 0.15) is 0 Å². The van der Waals surface area contributed by atoms with Gasteiger partial charge in [0.15, 0.2) is 11.9 Å². The van der Waals surface area contributed by atoms with Crippen LogP contribution in [0.2, 0.25) is 0 Å². The second-order valence-electron chi connectivity index (χ2n) is 5.65. The van der Waals surface area contributed by atoms with Gasteiger partial charge in [-0.15, -0.1) is 0 Å². The normalized spacial score (nSPS) is 10.8. The summed E-state index contributed by atoms with van der Waals surface area (Å²) in [7, 11) is 0. The van der Waals surface area contributed by atoms with Gasteiger partial charge in [-0.25, -0.2) is 9.97 Å². The topological polar surface area (TPSA) is 109 Å². The van der Waals surface area contributed by atoms with E-state index in [0.717, 1.165) is 34.9 Å². The molecule has 4 rings (SSSR count). The average molecular weight is 322 g/mol. The minimum atomic E-state index is 0.484. The summed E-state index contributed by atoms with van der Waals surface area (Å²) in [4.78, 5) is 14.2. The highest BCUT2D eigenvalue weighted by molar-refractivity contribution is 5.78. The molecule has 2 aromatic carbocycles. The third-order valence-corrected chi connectivity index (χ3v) is 3.95. The van der Waals surface area contributed by atoms with Gasteiger partial charge in [-0.1, -0.05) is 26.0 Å². The van der Waals surface area contributed by atoms with Gasteiger partial charge in [-0.3, -0.25) is 0 Å². The van der Waals surface area contributed by atoms with Crippen LogP contribution in [0.4, 0.5) is 11.9 Å². The third kappa shape index (κ3) is 3.32. The minimum absolute atomic E-state index is 0.484. The molecular formula is C18H22N6.